The third kappa shape index (κ3) is 5.91. The molecule has 0 aliphatic rings. The molecule has 0 saturated heterocycles. The zero-order chi connectivity index (χ0) is 6.24. The predicted molar refractivity (Wildman–Crippen MR) is 40.5 cm³/mol. The van der Waals surface area contributed by atoms with Gasteiger partial charge < -0.3 is 0 Å². The van der Waals surface area contributed by atoms with Gasteiger partial charge in [0.15, 0.2) is 0 Å². The van der Waals surface area contributed by atoms with E-state index in [0.717, 1.165) is 19.3 Å². The van der Waals surface area contributed by atoms with Gasteiger partial charge in [-0.3, -0.25) is 0 Å². The Morgan fingerprint density at radius 2 is 2.38 bits per heavy atom. The molecule has 8 heavy (non-hydrogen) atoms. The fourth-order valence-corrected chi connectivity index (χ4v) is 0.583. The fraction of sp³-hybridized carbons (Fsp3) is 0.571. The predicted octanol–water partition coefficient (Wildman–Crippen LogP) is 2.31. The second-order valence-corrected chi connectivity index (χ2v) is 2.05. The van der Waals surface area contributed by atoms with Crippen molar-refractivity contribution in [2.75, 3.05) is 6.26 Å². The van der Waals surface area contributed by atoms with Crippen LogP contribution in [0.4, 0.5) is 0 Å². The molecule has 1 heteroatoms. The lowest BCUT2D eigenvalue weighted by Gasteiger charge is -1.81. The maximum Gasteiger partial charge on any atom is 0.00976 e. The molecule has 0 aliphatic carbocycles. The number of hydrogen-bond donors (Lipinski definition) is 0. The van der Waals surface area contributed by atoms with Crippen LogP contribution in [0.15, 0.2) is 0 Å². The first-order valence-corrected chi connectivity index (χ1v) is 3.94. The first-order valence-electron chi connectivity index (χ1n) is 2.72. The number of unbranched alkanes of at least 4 members (excludes halogenated alkanes) is 2. The summed E-state index contributed by atoms with van der Waals surface area (Å²) in [4.78, 5) is 0. The van der Waals surface area contributed by atoms with Crippen LogP contribution in [0.2, 0.25) is 0 Å². The van der Waals surface area contributed by atoms with Crippen LogP contribution >= 0.6 is 11.8 Å². The molecule has 0 aromatic rings. The van der Waals surface area contributed by atoms with Gasteiger partial charge in [0.2, 0.25) is 0 Å². The van der Waals surface area contributed by atoms with Crippen molar-refractivity contribution >= 4 is 11.8 Å². The normalized spacial score (nSPS) is 7.75. The van der Waals surface area contributed by atoms with Crippen molar-refractivity contribution in [2.45, 2.75) is 19.3 Å². The molecule has 0 saturated carbocycles. The van der Waals surface area contributed by atoms with Gasteiger partial charge in [-0.2, -0.15) is 0 Å². The second kappa shape index (κ2) is 6.91. The van der Waals surface area contributed by atoms with Crippen molar-refractivity contribution in [3.05, 3.63) is 6.92 Å². The monoisotopic (exact) mass is 127 g/mol. The lowest BCUT2D eigenvalue weighted by Crippen LogP contribution is -1.65. The molecule has 45 valence electrons. The minimum absolute atomic E-state index is 1.00. The maximum atomic E-state index is 3.71. The fourth-order valence-electron chi connectivity index (χ4n) is 0.337. The molecule has 0 heterocycles. The van der Waals surface area contributed by atoms with E-state index in [4.69, 9.17) is 0 Å². The van der Waals surface area contributed by atoms with Crippen LogP contribution in [0, 0.1) is 18.1 Å². The summed E-state index contributed by atoms with van der Waals surface area (Å²) in [5, 5.41) is 2.92. The molecule has 0 amide bonds. The Labute approximate surface area is 56.1 Å². The van der Waals surface area contributed by atoms with Crippen molar-refractivity contribution in [3.63, 3.8) is 0 Å². The van der Waals surface area contributed by atoms with Gasteiger partial charge in [-0.05, 0) is 17.9 Å². The minimum Gasteiger partial charge on any atom is -0.0913 e. The molecule has 0 bridgehead atoms. The van der Waals surface area contributed by atoms with Crippen LogP contribution in [0.25, 0.3) is 0 Å². The molecule has 0 unspecified atom stereocenters. The highest BCUT2D eigenvalue weighted by molar-refractivity contribution is 8.03. The largest absolute Gasteiger partial charge is 0.0913 e. The molecule has 0 atom stereocenters. The van der Waals surface area contributed by atoms with E-state index in [2.05, 4.69) is 18.1 Å². The first-order chi connectivity index (χ1) is 3.91. The Balaban J connectivity index is 2.90. The third-order valence-corrected chi connectivity index (χ3v) is 1.07. The third-order valence-electron chi connectivity index (χ3n) is 0.726. The zero-order valence-corrected chi connectivity index (χ0v) is 6.05. The molecule has 0 aromatic carbocycles. The maximum absolute atomic E-state index is 3.71. The molecule has 0 spiro atoms. The van der Waals surface area contributed by atoms with Crippen LogP contribution in [-0.2, 0) is 0 Å². The highest BCUT2D eigenvalue weighted by Gasteiger charge is 1.74. The summed E-state index contributed by atoms with van der Waals surface area (Å²) in [5.41, 5.74) is 0. The van der Waals surface area contributed by atoms with E-state index in [1.54, 1.807) is 11.8 Å². The quantitative estimate of drug-likeness (QED) is 0.405. The van der Waals surface area contributed by atoms with Gasteiger partial charge >= 0.3 is 0 Å². The van der Waals surface area contributed by atoms with E-state index in [1.165, 1.54) is 0 Å². The van der Waals surface area contributed by atoms with E-state index in [0.29, 0.717) is 0 Å². The van der Waals surface area contributed by atoms with Crippen LogP contribution in [-0.4, -0.2) is 6.26 Å². The summed E-state index contributed by atoms with van der Waals surface area (Å²) in [6.07, 6.45) is 5.12. The van der Waals surface area contributed by atoms with Gasteiger partial charge in [-0.1, -0.05) is 31.0 Å². The molecule has 0 nitrogen and oxygen atoms in total. The number of thioether (sulfide) groups is 1. The Kier molecular flexibility index (Phi) is 6.83. The number of hydrogen-bond acceptors (Lipinski definition) is 1. The molecular formula is C7H11S. The molecule has 0 rings (SSSR count). The zero-order valence-electron chi connectivity index (χ0n) is 5.24. The Bertz CT molecular complexity index is 86.3. The highest BCUT2D eigenvalue weighted by atomic mass is 32.2. The van der Waals surface area contributed by atoms with Gasteiger partial charge in [-0.25, -0.2) is 0 Å². The van der Waals surface area contributed by atoms with Crippen LogP contribution in [0.5, 0.6) is 0 Å². The molecule has 0 aliphatic heterocycles. The topological polar surface area (TPSA) is 0 Å². The smallest absolute Gasteiger partial charge is 0.00976 e. The van der Waals surface area contributed by atoms with E-state index < -0.39 is 0 Å². The van der Waals surface area contributed by atoms with Crippen molar-refractivity contribution in [1.82, 2.24) is 0 Å². The lowest BCUT2D eigenvalue weighted by atomic mass is 10.3. The van der Waals surface area contributed by atoms with Crippen molar-refractivity contribution < 1.29 is 0 Å². The van der Waals surface area contributed by atoms with Crippen LogP contribution in [0.1, 0.15) is 19.3 Å². The summed E-state index contributed by atoms with van der Waals surface area (Å²) < 4.78 is 0. The standard InChI is InChI=1S/C7H11S/c1-3-4-5-6-7-8-2/h1,3-5H2,2H3. The molecule has 0 aromatic heterocycles. The Hall–Kier alpha value is -0.0900. The van der Waals surface area contributed by atoms with E-state index in [1.807, 2.05) is 6.26 Å². The first kappa shape index (κ1) is 7.91. The van der Waals surface area contributed by atoms with Crippen LogP contribution in [0.3, 0.4) is 0 Å². The summed E-state index contributed by atoms with van der Waals surface area (Å²) in [7, 11) is 0. The summed E-state index contributed by atoms with van der Waals surface area (Å²) in [5.74, 6) is 3.01. The lowest BCUT2D eigenvalue weighted by molar-refractivity contribution is 0.883. The Morgan fingerprint density at radius 3 is 2.88 bits per heavy atom. The second-order valence-electron chi connectivity index (χ2n) is 1.44. The van der Waals surface area contributed by atoms with Gasteiger partial charge in [0.25, 0.3) is 0 Å². The van der Waals surface area contributed by atoms with Crippen molar-refractivity contribution in [3.8, 4) is 11.2 Å². The van der Waals surface area contributed by atoms with Gasteiger partial charge in [0.1, 0.15) is 0 Å². The molecular weight excluding hydrogens is 116 g/mol. The molecule has 0 fully saturated rings. The summed E-state index contributed by atoms with van der Waals surface area (Å²) >= 11 is 1.57. The van der Waals surface area contributed by atoms with Gasteiger partial charge in [-0.15, -0.1) is 0 Å². The average molecular weight is 127 g/mol. The van der Waals surface area contributed by atoms with E-state index >= 15 is 0 Å². The molecule has 0 N–H and O–H groups in total. The summed E-state index contributed by atoms with van der Waals surface area (Å²) in [6.45, 7) is 3.71. The average Bonchev–Trinajstić information content (AvgIpc) is 1.81. The van der Waals surface area contributed by atoms with Crippen molar-refractivity contribution in [1.29, 1.82) is 0 Å². The van der Waals surface area contributed by atoms with Gasteiger partial charge in [0.05, 0.1) is 0 Å². The van der Waals surface area contributed by atoms with E-state index in [-0.39, 0.29) is 0 Å². The SMILES string of the molecule is [CH2]CCCC#CSC. The highest BCUT2D eigenvalue weighted by Crippen LogP contribution is 1.92. The Morgan fingerprint density at radius 1 is 1.62 bits per heavy atom. The number of rotatable bonds is 2. The van der Waals surface area contributed by atoms with Crippen molar-refractivity contribution in [2.24, 2.45) is 0 Å². The van der Waals surface area contributed by atoms with E-state index in [9.17, 15) is 0 Å². The summed E-state index contributed by atoms with van der Waals surface area (Å²) in [6, 6.07) is 0. The van der Waals surface area contributed by atoms with Gasteiger partial charge in [0, 0.05) is 6.42 Å². The van der Waals surface area contributed by atoms with Crippen LogP contribution < -0.4 is 0 Å². The minimum atomic E-state index is 1.00. The molecule has 1 radical (unpaired) electrons.